The molecule has 1 N–H and O–H groups in total. The number of rotatable bonds is 6. The molecule has 5 nitrogen and oxygen atoms in total. The first-order valence-electron chi connectivity index (χ1n) is 9.33. The van der Waals surface area contributed by atoms with E-state index in [-0.39, 0.29) is 17.6 Å². The van der Waals surface area contributed by atoms with Gasteiger partial charge in [-0.2, -0.15) is 0 Å². The lowest BCUT2D eigenvalue weighted by Crippen LogP contribution is -2.27. The molecule has 3 aromatic carbocycles. The molecule has 0 unspecified atom stereocenters. The normalized spacial score (nSPS) is 12.3. The van der Waals surface area contributed by atoms with Crippen LogP contribution in [0.2, 0.25) is 0 Å². The molecule has 3 rings (SSSR count). The third kappa shape index (κ3) is 5.17. The molecule has 146 valence electrons. The highest BCUT2D eigenvalue weighted by Crippen LogP contribution is 2.23. The first kappa shape index (κ1) is 20.0. The first-order valence-corrected chi connectivity index (χ1v) is 9.33. The molecule has 0 saturated carbocycles. The summed E-state index contributed by atoms with van der Waals surface area (Å²) in [6, 6.07) is 23.3. The van der Waals surface area contributed by atoms with Crippen LogP contribution in [0.5, 0.6) is 0 Å². The summed E-state index contributed by atoms with van der Waals surface area (Å²) in [6.45, 7) is 3.95. The van der Waals surface area contributed by atoms with Crippen LogP contribution in [0, 0.1) is 17.0 Å². The van der Waals surface area contributed by atoms with Crippen molar-refractivity contribution >= 4 is 23.2 Å². The molecule has 0 fully saturated rings. The summed E-state index contributed by atoms with van der Waals surface area (Å²) in [5.74, 6) is -0.240. The topological polar surface area (TPSA) is 72.2 Å². The van der Waals surface area contributed by atoms with Crippen molar-refractivity contribution in [1.82, 2.24) is 5.32 Å². The van der Waals surface area contributed by atoms with Gasteiger partial charge in [0.25, 0.3) is 11.6 Å². The van der Waals surface area contributed by atoms with Gasteiger partial charge in [-0.15, -0.1) is 0 Å². The molecule has 3 aromatic rings. The Bertz CT molecular complexity index is 1040. The van der Waals surface area contributed by atoms with Crippen molar-refractivity contribution < 1.29 is 9.72 Å². The van der Waals surface area contributed by atoms with Gasteiger partial charge in [-0.25, -0.2) is 0 Å². The quantitative estimate of drug-likeness (QED) is 0.270. The van der Waals surface area contributed by atoms with Crippen molar-refractivity contribution in [2.75, 3.05) is 0 Å². The minimum absolute atomic E-state index is 0.0143. The Balaban J connectivity index is 1.93. The Labute approximate surface area is 169 Å². The van der Waals surface area contributed by atoms with Gasteiger partial charge in [0, 0.05) is 17.7 Å². The van der Waals surface area contributed by atoms with E-state index >= 15 is 0 Å². The number of benzene rings is 3. The molecule has 0 spiro atoms. The number of non-ortho nitro benzene ring substituents is 1. The maximum Gasteiger partial charge on any atom is 0.270 e. The van der Waals surface area contributed by atoms with E-state index < -0.39 is 4.92 Å². The van der Waals surface area contributed by atoms with Crippen molar-refractivity contribution in [3.63, 3.8) is 0 Å². The number of nitro benzene ring substituents is 1. The molecule has 5 heteroatoms. The van der Waals surface area contributed by atoms with Crippen LogP contribution in [-0.2, 0) is 4.79 Å². The Kier molecular flexibility index (Phi) is 6.19. The average molecular weight is 386 g/mol. The highest BCUT2D eigenvalue weighted by molar-refractivity contribution is 6.24. The predicted octanol–water partition coefficient (Wildman–Crippen LogP) is 5.32. The summed E-state index contributed by atoms with van der Waals surface area (Å²) in [5, 5.41) is 14.1. The van der Waals surface area contributed by atoms with Gasteiger partial charge in [0.2, 0.25) is 0 Å². The SMILES string of the molecule is Cc1ccc([C@H](C)NC(=O)/C(=C/c2cccc([N+](=O)[O-])c2)c2ccccc2)cc1. The van der Waals surface area contributed by atoms with Crippen molar-refractivity contribution in [2.45, 2.75) is 19.9 Å². The van der Waals surface area contributed by atoms with E-state index in [1.54, 1.807) is 18.2 Å². The Morgan fingerprint density at radius 1 is 1.00 bits per heavy atom. The lowest BCUT2D eigenvalue weighted by Gasteiger charge is -2.16. The molecule has 0 heterocycles. The summed E-state index contributed by atoms with van der Waals surface area (Å²) < 4.78 is 0. The van der Waals surface area contributed by atoms with Crippen molar-refractivity contribution in [3.8, 4) is 0 Å². The molecule has 29 heavy (non-hydrogen) atoms. The van der Waals surface area contributed by atoms with Crippen LogP contribution in [0.1, 0.15) is 35.2 Å². The summed E-state index contributed by atoms with van der Waals surface area (Å²) in [7, 11) is 0. The fraction of sp³-hybridized carbons (Fsp3) is 0.125. The van der Waals surface area contributed by atoms with E-state index in [4.69, 9.17) is 0 Å². The number of nitrogens with zero attached hydrogens (tertiary/aromatic N) is 1. The molecule has 0 aliphatic carbocycles. The molecular formula is C24H22N2O3. The van der Waals surface area contributed by atoms with E-state index in [0.29, 0.717) is 11.1 Å². The Morgan fingerprint density at radius 2 is 1.69 bits per heavy atom. The molecule has 0 saturated heterocycles. The van der Waals surface area contributed by atoms with Gasteiger partial charge in [0.1, 0.15) is 0 Å². The van der Waals surface area contributed by atoms with Gasteiger partial charge in [0.15, 0.2) is 0 Å². The van der Waals surface area contributed by atoms with Crippen LogP contribution in [0.25, 0.3) is 11.6 Å². The van der Waals surface area contributed by atoms with Gasteiger partial charge in [0.05, 0.1) is 11.0 Å². The molecule has 1 atom stereocenters. The number of nitrogens with one attached hydrogen (secondary N) is 1. The van der Waals surface area contributed by atoms with Crippen LogP contribution in [-0.4, -0.2) is 10.8 Å². The zero-order chi connectivity index (χ0) is 20.8. The third-order valence-electron chi connectivity index (χ3n) is 4.65. The van der Waals surface area contributed by atoms with Crippen LogP contribution >= 0.6 is 0 Å². The molecular weight excluding hydrogens is 364 g/mol. The fourth-order valence-corrected chi connectivity index (χ4v) is 3.01. The standard InChI is InChI=1S/C24H22N2O3/c1-17-11-13-20(14-12-17)18(2)25-24(27)23(21-8-4-3-5-9-21)16-19-7-6-10-22(15-19)26(28)29/h3-16,18H,1-2H3,(H,25,27)/b23-16+/t18-/m0/s1. The Hall–Kier alpha value is -3.73. The largest absolute Gasteiger partial charge is 0.345 e. The average Bonchev–Trinajstić information content (AvgIpc) is 2.73. The van der Waals surface area contributed by atoms with E-state index in [2.05, 4.69) is 5.32 Å². The lowest BCUT2D eigenvalue weighted by atomic mass is 10.0. The number of aryl methyl sites for hydroxylation is 1. The number of amides is 1. The van der Waals surface area contributed by atoms with E-state index in [1.807, 2.05) is 68.4 Å². The lowest BCUT2D eigenvalue weighted by molar-refractivity contribution is -0.384. The third-order valence-corrected chi connectivity index (χ3v) is 4.65. The smallest absolute Gasteiger partial charge is 0.270 e. The molecule has 0 aromatic heterocycles. The molecule has 0 radical (unpaired) electrons. The second-order valence-electron chi connectivity index (χ2n) is 6.88. The fourth-order valence-electron chi connectivity index (χ4n) is 3.01. The number of nitro groups is 1. The summed E-state index contributed by atoms with van der Waals surface area (Å²) in [4.78, 5) is 23.7. The maximum absolute atomic E-state index is 13.1. The van der Waals surface area contributed by atoms with Crippen molar-refractivity contribution in [3.05, 3.63) is 111 Å². The van der Waals surface area contributed by atoms with Crippen LogP contribution < -0.4 is 5.32 Å². The van der Waals surface area contributed by atoms with Gasteiger partial charge < -0.3 is 5.32 Å². The van der Waals surface area contributed by atoms with Gasteiger partial charge >= 0.3 is 0 Å². The van der Waals surface area contributed by atoms with Crippen molar-refractivity contribution in [2.24, 2.45) is 0 Å². The highest BCUT2D eigenvalue weighted by Gasteiger charge is 2.16. The van der Waals surface area contributed by atoms with E-state index in [0.717, 1.165) is 16.7 Å². The Morgan fingerprint density at radius 3 is 2.34 bits per heavy atom. The van der Waals surface area contributed by atoms with Crippen LogP contribution in [0.4, 0.5) is 5.69 Å². The highest BCUT2D eigenvalue weighted by atomic mass is 16.6. The second-order valence-corrected chi connectivity index (χ2v) is 6.88. The maximum atomic E-state index is 13.1. The second kappa shape index (κ2) is 8.97. The molecule has 0 aliphatic heterocycles. The summed E-state index contributed by atoms with van der Waals surface area (Å²) >= 11 is 0. The number of carbonyl (C=O) groups is 1. The first-order chi connectivity index (χ1) is 13.9. The van der Waals surface area contributed by atoms with Gasteiger partial charge in [-0.05, 0) is 36.6 Å². The molecule has 1 amide bonds. The minimum Gasteiger partial charge on any atom is -0.345 e. The number of carbonyl (C=O) groups excluding carboxylic acids is 1. The molecule has 0 bridgehead atoms. The number of hydrogen-bond acceptors (Lipinski definition) is 3. The van der Waals surface area contributed by atoms with E-state index in [1.165, 1.54) is 12.1 Å². The van der Waals surface area contributed by atoms with Crippen LogP contribution in [0.3, 0.4) is 0 Å². The van der Waals surface area contributed by atoms with Gasteiger partial charge in [-0.1, -0.05) is 72.3 Å². The number of hydrogen-bond donors (Lipinski definition) is 1. The van der Waals surface area contributed by atoms with Crippen molar-refractivity contribution in [1.29, 1.82) is 0 Å². The monoisotopic (exact) mass is 386 g/mol. The minimum atomic E-state index is -0.445. The zero-order valence-corrected chi connectivity index (χ0v) is 16.3. The summed E-state index contributed by atoms with van der Waals surface area (Å²) in [5.41, 5.74) is 3.93. The zero-order valence-electron chi connectivity index (χ0n) is 16.3. The van der Waals surface area contributed by atoms with Gasteiger partial charge in [-0.3, -0.25) is 14.9 Å². The van der Waals surface area contributed by atoms with Crippen LogP contribution in [0.15, 0.2) is 78.9 Å². The molecule has 0 aliphatic rings. The van der Waals surface area contributed by atoms with E-state index in [9.17, 15) is 14.9 Å². The summed E-state index contributed by atoms with van der Waals surface area (Å²) in [6.07, 6.45) is 1.68. The predicted molar refractivity (Wildman–Crippen MR) is 115 cm³/mol.